The Labute approximate surface area is 108 Å². The summed E-state index contributed by atoms with van der Waals surface area (Å²) in [5, 5.41) is 0.0875. The zero-order valence-electron chi connectivity index (χ0n) is 9.67. The molecule has 2 aromatic carbocycles. The highest BCUT2D eigenvalue weighted by Crippen LogP contribution is 2.26. The topological polar surface area (TPSA) is 28.7 Å². The molecule has 4 heteroatoms. The van der Waals surface area contributed by atoms with Crippen molar-refractivity contribution >= 4 is 22.6 Å². The summed E-state index contributed by atoms with van der Waals surface area (Å²) >= 11 is 5.73. The van der Waals surface area contributed by atoms with E-state index in [1.54, 1.807) is 6.07 Å². The summed E-state index contributed by atoms with van der Waals surface area (Å²) in [5.41, 5.74) is 3.02. The molecule has 0 aliphatic heterocycles. The van der Waals surface area contributed by atoms with Crippen LogP contribution in [0.3, 0.4) is 0 Å². The monoisotopic (exact) mass is 260 g/mol. The molecule has 1 heterocycles. The van der Waals surface area contributed by atoms with E-state index in [1.165, 1.54) is 11.6 Å². The maximum Gasteiger partial charge on any atom is 0.169 e. The van der Waals surface area contributed by atoms with Gasteiger partial charge in [0.25, 0.3) is 0 Å². The molecule has 0 saturated carbocycles. The average molecular weight is 261 g/mol. The molecule has 2 nitrogen and oxygen atoms in total. The van der Waals surface area contributed by atoms with Crippen LogP contribution in [0.2, 0.25) is 5.02 Å². The van der Waals surface area contributed by atoms with Crippen LogP contribution in [-0.2, 0) is 0 Å². The molecule has 0 unspecified atom stereocenters. The fourth-order valence-electron chi connectivity index (χ4n) is 1.87. The highest BCUT2D eigenvalue weighted by molar-refractivity contribution is 6.31. The van der Waals surface area contributed by atoms with Gasteiger partial charge in [0.2, 0.25) is 0 Å². The molecule has 3 rings (SSSR count). The first kappa shape index (κ1) is 11.2. The standard InChI is InChI=1S/C14H10ClFN2/c1-8-2-4-9(5-3-8)14-17-11-7-6-10(15)12(16)13(11)18-14/h2-7H,1H3,(H,17,18). The van der Waals surface area contributed by atoms with Gasteiger partial charge in [-0.1, -0.05) is 41.4 Å². The number of hydrogen-bond donors (Lipinski definition) is 1. The molecular weight excluding hydrogens is 251 g/mol. The van der Waals surface area contributed by atoms with Crippen molar-refractivity contribution in [3.8, 4) is 11.4 Å². The number of hydrogen-bond acceptors (Lipinski definition) is 1. The summed E-state index contributed by atoms with van der Waals surface area (Å²) in [6.45, 7) is 2.02. The third kappa shape index (κ3) is 1.77. The SMILES string of the molecule is Cc1ccc(-c2nc3c(F)c(Cl)ccc3[nH]2)cc1. The summed E-state index contributed by atoms with van der Waals surface area (Å²) in [7, 11) is 0. The lowest BCUT2D eigenvalue weighted by molar-refractivity contribution is 0.638. The summed E-state index contributed by atoms with van der Waals surface area (Å²) < 4.78 is 13.8. The van der Waals surface area contributed by atoms with Crippen molar-refractivity contribution in [3.63, 3.8) is 0 Å². The Morgan fingerprint density at radius 1 is 1.11 bits per heavy atom. The number of aryl methyl sites for hydroxylation is 1. The van der Waals surface area contributed by atoms with Crippen molar-refractivity contribution in [2.75, 3.05) is 0 Å². The zero-order chi connectivity index (χ0) is 12.7. The second-order valence-electron chi connectivity index (χ2n) is 4.21. The Morgan fingerprint density at radius 3 is 2.56 bits per heavy atom. The van der Waals surface area contributed by atoms with Crippen LogP contribution in [0.25, 0.3) is 22.4 Å². The normalized spacial score (nSPS) is 11.1. The van der Waals surface area contributed by atoms with E-state index < -0.39 is 5.82 Å². The number of fused-ring (bicyclic) bond motifs is 1. The molecular formula is C14H10ClFN2. The summed E-state index contributed by atoms with van der Waals surface area (Å²) in [5.74, 6) is 0.162. The number of benzene rings is 2. The van der Waals surface area contributed by atoms with E-state index in [-0.39, 0.29) is 10.5 Å². The van der Waals surface area contributed by atoms with Crippen LogP contribution in [-0.4, -0.2) is 9.97 Å². The van der Waals surface area contributed by atoms with E-state index in [1.807, 2.05) is 31.2 Å². The van der Waals surface area contributed by atoms with Gasteiger partial charge in [-0.15, -0.1) is 0 Å². The van der Waals surface area contributed by atoms with E-state index in [0.29, 0.717) is 11.3 Å². The number of halogens is 2. The van der Waals surface area contributed by atoms with Gasteiger partial charge in [0.05, 0.1) is 10.5 Å². The van der Waals surface area contributed by atoms with Gasteiger partial charge in [0, 0.05) is 5.56 Å². The van der Waals surface area contributed by atoms with Crippen molar-refractivity contribution in [1.82, 2.24) is 9.97 Å². The van der Waals surface area contributed by atoms with E-state index >= 15 is 0 Å². The number of nitrogens with one attached hydrogen (secondary N) is 1. The van der Waals surface area contributed by atoms with Gasteiger partial charge in [-0.2, -0.15) is 0 Å². The number of aromatic amines is 1. The minimum Gasteiger partial charge on any atom is -0.338 e. The van der Waals surface area contributed by atoms with Crippen LogP contribution >= 0.6 is 11.6 Å². The minimum atomic E-state index is -0.483. The van der Waals surface area contributed by atoms with Crippen LogP contribution in [0, 0.1) is 12.7 Å². The van der Waals surface area contributed by atoms with Gasteiger partial charge in [0.1, 0.15) is 11.3 Å². The van der Waals surface area contributed by atoms with Crippen LogP contribution in [0.15, 0.2) is 36.4 Å². The van der Waals surface area contributed by atoms with Crippen LogP contribution in [0.1, 0.15) is 5.56 Å². The second kappa shape index (κ2) is 4.10. The van der Waals surface area contributed by atoms with Crippen molar-refractivity contribution in [2.24, 2.45) is 0 Å². The molecule has 0 atom stereocenters. The smallest absolute Gasteiger partial charge is 0.169 e. The van der Waals surface area contributed by atoms with Crippen LogP contribution < -0.4 is 0 Å². The molecule has 90 valence electrons. The lowest BCUT2D eigenvalue weighted by atomic mass is 10.1. The van der Waals surface area contributed by atoms with E-state index in [0.717, 1.165) is 5.56 Å². The predicted octanol–water partition coefficient (Wildman–Crippen LogP) is 4.33. The van der Waals surface area contributed by atoms with Crippen molar-refractivity contribution in [2.45, 2.75) is 6.92 Å². The van der Waals surface area contributed by atoms with E-state index in [4.69, 9.17) is 11.6 Å². The zero-order valence-corrected chi connectivity index (χ0v) is 10.4. The molecule has 1 N–H and O–H groups in total. The first-order chi connectivity index (χ1) is 8.65. The molecule has 0 saturated heterocycles. The number of nitrogens with zero attached hydrogens (tertiary/aromatic N) is 1. The Bertz CT molecular complexity index is 716. The fourth-order valence-corrected chi connectivity index (χ4v) is 2.02. The molecule has 0 spiro atoms. The van der Waals surface area contributed by atoms with E-state index in [2.05, 4.69) is 9.97 Å². The molecule has 0 fully saturated rings. The highest BCUT2D eigenvalue weighted by Gasteiger charge is 2.11. The lowest BCUT2D eigenvalue weighted by Crippen LogP contribution is -1.81. The molecule has 3 aromatic rings. The third-order valence-corrected chi connectivity index (χ3v) is 3.16. The number of aromatic nitrogens is 2. The molecule has 0 amide bonds. The largest absolute Gasteiger partial charge is 0.338 e. The van der Waals surface area contributed by atoms with E-state index in [9.17, 15) is 4.39 Å². The van der Waals surface area contributed by atoms with Crippen molar-refractivity contribution in [1.29, 1.82) is 0 Å². The molecule has 0 aliphatic carbocycles. The Kier molecular flexibility index (Phi) is 2.56. The lowest BCUT2D eigenvalue weighted by Gasteiger charge is -1.96. The highest BCUT2D eigenvalue weighted by atomic mass is 35.5. The summed E-state index contributed by atoms with van der Waals surface area (Å²) in [4.78, 5) is 7.35. The van der Waals surface area contributed by atoms with Gasteiger partial charge in [-0.25, -0.2) is 9.37 Å². The van der Waals surface area contributed by atoms with Crippen molar-refractivity contribution < 1.29 is 4.39 Å². The fraction of sp³-hybridized carbons (Fsp3) is 0.0714. The van der Waals surface area contributed by atoms with Gasteiger partial charge in [-0.05, 0) is 19.1 Å². The maximum atomic E-state index is 13.8. The summed E-state index contributed by atoms with van der Waals surface area (Å²) in [6, 6.07) is 11.1. The number of rotatable bonds is 1. The van der Waals surface area contributed by atoms with Gasteiger partial charge in [-0.3, -0.25) is 0 Å². The molecule has 0 aliphatic rings. The second-order valence-corrected chi connectivity index (χ2v) is 4.62. The van der Waals surface area contributed by atoms with Crippen LogP contribution in [0.5, 0.6) is 0 Å². The number of imidazole rings is 1. The predicted molar refractivity (Wildman–Crippen MR) is 71.2 cm³/mol. The quantitative estimate of drug-likeness (QED) is 0.693. The molecule has 0 radical (unpaired) electrons. The maximum absolute atomic E-state index is 13.8. The van der Waals surface area contributed by atoms with Gasteiger partial charge >= 0.3 is 0 Å². The van der Waals surface area contributed by atoms with Gasteiger partial charge < -0.3 is 4.98 Å². The first-order valence-corrected chi connectivity index (χ1v) is 5.94. The summed E-state index contributed by atoms with van der Waals surface area (Å²) in [6.07, 6.45) is 0. The minimum absolute atomic E-state index is 0.0875. The molecule has 0 bridgehead atoms. The number of H-pyrrole nitrogens is 1. The first-order valence-electron chi connectivity index (χ1n) is 5.56. The van der Waals surface area contributed by atoms with Gasteiger partial charge in [0.15, 0.2) is 5.82 Å². The Hall–Kier alpha value is -1.87. The third-order valence-electron chi connectivity index (χ3n) is 2.87. The van der Waals surface area contributed by atoms with Crippen molar-refractivity contribution in [3.05, 3.63) is 52.8 Å². The van der Waals surface area contributed by atoms with Crippen LogP contribution in [0.4, 0.5) is 4.39 Å². The molecule has 18 heavy (non-hydrogen) atoms. The Balaban J connectivity index is 2.19. The Morgan fingerprint density at radius 2 is 1.83 bits per heavy atom. The average Bonchev–Trinajstić information content (AvgIpc) is 2.80. The molecule has 1 aromatic heterocycles.